The van der Waals surface area contributed by atoms with E-state index < -0.39 is 0 Å². The molecule has 2 aromatic carbocycles. The zero-order chi connectivity index (χ0) is 16.1. The number of carbonyl (C=O) groups is 1. The third-order valence-corrected chi connectivity index (χ3v) is 7.13. The maximum atomic E-state index is 12.4. The summed E-state index contributed by atoms with van der Waals surface area (Å²) < 4.78 is 7.27. The molecule has 0 aliphatic heterocycles. The summed E-state index contributed by atoms with van der Waals surface area (Å²) >= 11 is 0.361. The van der Waals surface area contributed by atoms with Crippen LogP contribution in [0.25, 0.3) is 0 Å². The second-order valence-electron chi connectivity index (χ2n) is 6.06. The van der Waals surface area contributed by atoms with Crippen molar-refractivity contribution in [1.82, 2.24) is 0 Å². The van der Waals surface area contributed by atoms with E-state index in [1.165, 1.54) is 17.3 Å². The third-order valence-electron chi connectivity index (χ3n) is 4.22. The Morgan fingerprint density at radius 1 is 1.00 bits per heavy atom. The van der Waals surface area contributed by atoms with Gasteiger partial charge in [0.15, 0.2) is 0 Å². The SMILES string of the molecule is Cc1ccc(C(=O)OC2CCCCC2[Se]c2ccccc2)cc1. The average Bonchev–Trinajstić information content (AvgIpc) is 2.58. The van der Waals surface area contributed by atoms with Crippen molar-refractivity contribution in [3.63, 3.8) is 0 Å². The second-order valence-corrected chi connectivity index (χ2v) is 8.82. The Bertz CT molecular complexity index is 636. The van der Waals surface area contributed by atoms with Crippen LogP contribution in [0.15, 0.2) is 54.6 Å². The van der Waals surface area contributed by atoms with Crippen molar-refractivity contribution in [1.29, 1.82) is 0 Å². The van der Waals surface area contributed by atoms with E-state index in [2.05, 4.69) is 30.3 Å². The number of benzene rings is 2. The number of hydrogen-bond acceptors (Lipinski definition) is 2. The van der Waals surface area contributed by atoms with E-state index in [9.17, 15) is 4.79 Å². The summed E-state index contributed by atoms with van der Waals surface area (Å²) in [6.45, 7) is 2.02. The van der Waals surface area contributed by atoms with E-state index in [1.807, 2.05) is 31.2 Å². The van der Waals surface area contributed by atoms with E-state index in [0.29, 0.717) is 25.3 Å². The van der Waals surface area contributed by atoms with Gasteiger partial charge < -0.3 is 0 Å². The van der Waals surface area contributed by atoms with Crippen LogP contribution < -0.4 is 4.46 Å². The van der Waals surface area contributed by atoms with Gasteiger partial charge in [0.1, 0.15) is 0 Å². The van der Waals surface area contributed by atoms with Gasteiger partial charge in [-0.1, -0.05) is 0 Å². The quantitative estimate of drug-likeness (QED) is 0.600. The Balaban J connectivity index is 1.66. The molecule has 1 saturated carbocycles. The van der Waals surface area contributed by atoms with Crippen LogP contribution in [0, 0.1) is 6.92 Å². The van der Waals surface area contributed by atoms with Gasteiger partial charge in [0.05, 0.1) is 0 Å². The normalized spacial score (nSPS) is 20.9. The van der Waals surface area contributed by atoms with Gasteiger partial charge in [0, 0.05) is 0 Å². The molecule has 1 aliphatic rings. The van der Waals surface area contributed by atoms with E-state index >= 15 is 0 Å². The minimum absolute atomic E-state index is 0.0674. The molecule has 2 atom stereocenters. The molecular weight excluding hydrogens is 351 g/mol. The van der Waals surface area contributed by atoms with Gasteiger partial charge >= 0.3 is 144 Å². The van der Waals surface area contributed by atoms with Crippen LogP contribution in [0.5, 0.6) is 0 Å². The summed E-state index contributed by atoms with van der Waals surface area (Å²) in [6.07, 6.45) is 4.64. The minimum atomic E-state index is -0.175. The van der Waals surface area contributed by atoms with Crippen LogP contribution in [0.1, 0.15) is 41.6 Å². The van der Waals surface area contributed by atoms with Crippen molar-refractivity contribution in [2.24, 2.45) is 0 Å². The van der Waals surface area contributed by atoms with Gasteiger partial charge in [-0.05, 0) is 0 Å². The molecule has 2 nitrogen and oxygen atoms in total. The molecule has 2 unspecified atom stereocenters. The maximum absolute atomic E-state index is 12.4. The zero-order valence-corrected chi connectivity index (χ0v) is 15.1. The first-order valence-corrected chi connectivity index (χ1v) is 10.1. The van der Waals surface area contributed by atoms with Crippen LogP contribution in [-0.4, -0.2) is 27.0 Å². The topological polar surface area (TPSA) is 26.3 Å². The van der Waals surface area contributed by atoms with E-state index in [0.717, 1.165) is 18.4 Å². The predicted octanol–water partition coefficient (Wildman–Crippen LogP) is 3.91. The summed E-state index contributed by atoms with van der Waals surface area (Å²) in [5.74, 6) is -0.175. The van der Waals surface area contributed by atoms with Crippen molar-refractivity contribution in [3.05, 3.63) is 65.7 Å². The van der Waals surface area contributed by atoms with Gasteiger partial charge in [-0.15, -0.1) is 0 Å². The number of hydrogen-bond donors (Lipinski definition) is 0. The Labute approximate surface area is 144 Å². The molecule has 0 radical (unpaired) electrons. The molecule has 2 aromatic rings. The zero-order valence-electron chi connectivity index (χ0n) is 13.4. The fourth-order valence-corrected chi connectivity index (χ4v) is 5.61. The monoisotopic (exact) mass is 374 g/mol. The molecule has 0 heterocycles. The molecular formula is C20H22O2Se. The van der Waals surface area contributed by atoms with Crippen LogP contribution in [0.4, 0.5) is 0 Å². The number of rotatable bonds is 4. The Morgan fingerprint density at radius 2 is 1.70 bits per heavy atom. The van der Waals surface area contributed by atoms with Crippen LogP contribution in [0.2, 0.25) is 4.82 Å². The summed E-state index contributed by atoms with van der Waals surface area (Å²) in [6, 6.07) is 18.2. The van der Waals surface area contributed by atoms with Crippen LogP contribution >= 0.6 is 0 Å². The van der Waals surface area contributed by atoms with E-state index in [4.69, 9.17) is 4.74 Å². The molecule has 120 valence electrons. The summed E-state index contributed by atoms with van der Waals surface area (Å²) in [4.78, 5) is 12.9. The third kappa shape index (κ3) is 4.46. The first-order chi connectivity index (χ1) is 11.2. The van der Waals surface area contributed by atoms with Gasteiger partial charge in [-0.3, -0.25) is 0 Å². The number of carbonyl (C=O) groups excluding carboxylic acids is 1. The first kappa shape index (κ1) is 16.3. The van der Waals surface area contributed by atoms with Crippen molar-refractivity contribution in [3.8, 4) is 0 Å². The molecule has 3 heteroatoms. The molecule has 0 bridgehead atoms. The summed E-state index contributed by atoms with van der Waals surface area (Å²) in [5, 5.41) is 0. The molecule has 3 rings (SSSR count). The van der Waals surface area contributed by atoms with Crippen LogP contribution in [0.3, 0.4) is 0 Å². The predicted molar refractivity (Wildman–Crippen MR) is 94.4 cm³/mol. The Kier molecular flexibility index (Phi) is 5.53. The van der Waals surface area contributed by atoms with Gasteiger partial charge in [0.2, 0.25) is 0 Å². The molecule has 0 amide bonds. The number of esters is 1. The molecule has 0 saturated heterocycles. The average molecular weight is 373 g/mol. The molecule has 0 aromatic heterocycles. The fraction of sp³-hybridized carbons (Fsp3) is 0.350. The summed E-state index contributed by atoms with van der Waals surface area (Å²) in [5.41, 5.74) is 1.82. The molecule has 1 fully saturated rings. The Hall–Kier alpha value is -1.57. The van der Waals surface area contributed by atoms with Gasteiger partial charge in [-0.25, -0.2) is 0 Å². The van der Waals surface area contributed by atoms with E-state index in [1.54, 1.807) is 0 Å². The van der Waals surface area contributed by atoms with Crippen molar-refractivity contribution < 1.29 is 9.53 Å². The van der Waals surface area contributed by atoms with Crippen molar-refractivity contribution in [2.45, 2.75) is 43.5 Å². The number of ether oxygens (including phenoxy) is 1. The Morgan fingerprint density at radius 3 is 2.43 bits per heavy atom. The molecule has 23 heavy (non-hydrogen) atoms. The second kappa shape index (κ2) is 7.81. The molecule has 0 N–H and O–H groups in total. The van der Waals surface area contributed by atoms with Gasteiger partial charge in [-0.2, -0.15) is 0 Å². The molecule has 1 aliphatic carbocycles. The van der Waals surface area contributed by atoms with Crippen LogP contribution in [-0.2, 0) is 4.74 Å². The fourth-order valence-electron chi connectivity index (χ4n) is 2.90. The summed E-state index contributed by atoms with van der Waals surface area (Å²) in [7, 11) is 0. The van der Waals surface area contributed by atoms with Crippen molar-refractivity contribution >= 4 is 25.4 Å². The van der Waals surface area contributed by atoms with Crippen molar-refractivity contribution in [2.75, 3.05) is 0 Å². The number of aryl methyl sites for hydroxylation is 1. The standard InChI is InChI=1S/C20H22O2Se/c1-15-11-13-16(14-12-15)20(21)22-18-9-5-6-10-19(18)23-17-7-3-2-4-8-17/h2-4,7-8,11-14,18-19H,5-6,9-10H2,1H3. The van der Waals surface area contributed by atoms with E-state index in [-0.39, 0.29) is 12.1 Å². The molecule has 0 spiro atoms. The first-order valence-electron chi connectivity index (χ1n) is 8.22. The van der Waals surface area contributed by atoms with Gasteiger partial charge in [0.25, 0.3) is 0 Å².